The molecule has 2 N–H and O–H groups in total. The topological polar surface area (TPSA) is 76.2 Å². The first kappa shape index (κ1) is 22.2. The molecule has 0 saturated carbocycles. The second-order valence-electron chi connectivity index (χ2n) is 9.23. The number of benzene rings is 3. The molecule has 1 amide bonds. The molecule has 3 aromatic carbocycles. The maximum absolute atomic E-state index is 12.6. The van der Waals surface area contributed by atoms with Crippen molar-refractivity contribution in [1.82, 2.24) is 15.3 Å². The minimum atomic E-state index is 0.0362. The Bertz CT molecular complexity index is 1590. The summed E-state index contributed by atoms with van der Waals surface area (Å²) in [4.78, 5) is 21.1. The summed E-state index contributed by atoms with van der Waals surface area (Å²) in [5.74, 6) is 1.51. The molecule has 1 aliphatic rings. The second kappa shape index (κ2) is 9.38. The van der Waals surface area contributed by atoms with Gasteiger partial charge in [0.05, 0.1) is 16.9 Å². The summed E-state index contributed by atoms with van der Waals surface area (Å²) >= 11 is 0. The first-order valence-corrected chi connectivity index (χ1v) is 12.3. The molecule has 36 heavy (non-hydrogen) atoms. The van der Waals surface area contributed by atoms with Gasteiger partial charge in [0.15, 0.2) is 11.5 Å². The highest BCUT2D eigenvalue weighted by Crippen LogP contribution is 2.33. The minimum absolute atomic E-state index is 0.0362. The lowest BCUT2D eigenvalue weighted by molar-refractivity contribution is -0.121. The molecule has 6 heteroatoms. The lowest BCUT2D eigenvalue weighted by atomic mass is 10.0. The molecule has 0 unspecified atom stereocenters. The van der Waals surface area contributed by atoms with Crippen LogP contribution in [-0.2, 0) is 17.8 Å². The summed E-state index contributed by atoms with van der Waals surface area (Å²) in [7, 11) is 0. The third-order valence-corrected chi connectivity index (χ3v) is 6.67. The Labute approximate surface area is 209 Å². The Morgan fingerprint density at radius 3 is 2.83 bits per heavy atom. The number of rotatable bonds is 7. The number of fused-ring (bicyclic) bond motifs is 3. The van der Waals surface area contributed by atoms with E-state index in [1.54, 1.807) is 0 Å². The molecule has 0 aliphatic carbocycles. The summed E-state index contributed by atoms with van der Waals surface area (Å²) in [5, 5.41) is 5.34. The van der Waals surface area contributed by atoms with Gasteiger partial charge in [-0.05, 0) is 67.3 Å². The number of nitrogens with zero attached hydrogens (tertiary/aromatic N) is 1. The van der Waals surface area contributed by atoms with E-state index < -0.39 is 0 Å². The van der Waals surface area contributed by atoms with Crippen molar-refractivity contribution in [3.05, 3.63) is 89.5 Å². The largest absolute Gasteiger partial charge is 0.454 e. The Morgan fingerprint density at radius 1 is 1.00 bits per heavy atom. The van der Waals surface area contributed by atoms with Crippen molar-refractivity contribution < 1.29 is 14.3 Å². The van der Waals surface area contributed by atoms with Crippen molar-refractivity contribution in [3.8, 4) is 22.9 Å². The van der Waals surface area contributed by atoms with E-state index >= 15 is 0 Å². The number of hydrogen-bond acceptors (Lipinski definition) is 4. The molecule has 0 saturated heterocycles. The molecular weight excluding hydrogens is 450 g/mol. The molecule has 2 aromatic heterocycles. The van der Waals surface area contributed by atoms with E-state index in [-0.39, 0.29) is 12.7 Å². The number of ether oxygens (including phenoxy) is 2. The van der Waals surface area contributed by atoms with E-state index in [1.165, 1.54) is 16.5 Å². The second-order valence-corrected chi connectivity index (χ2v) is 9.23. The van der Waals surface area contributed by atoms with Crippen LogP contribution in [0.1, 0.15) is 29.5 Å². The SMILES string of the molecule is Cc1ccc2[nH]c(-c3ccc4ccccc4n3)c(CCCC(=O)NCc3ccc4c(c3)OCO4)c2c1. The molecule has 3 heterocycles. The van der Waals surface area contributed by atoms with Crippen molar-refractivity contribution in [1.29, 1.82) is 0 Å². The van der Waals surface area contributed by atoms with Gasteiger partial charge in [-0.2, -0.15) is 0 Å². The van der Waals surface area contributed by atoms with Crippen molar-refractivity contribution in [2.75, 3.05) is 6.79 Å². The van der Waals surface area contributed by atoms with E-state index in [4.69, 9.17) is 14.5 Å². The van der Waals surface area contributed by atoms with Crippen LogP contribution in [0.4, 0.5) is 0 Å². The van der Waals surface area contributed by atoms with Crippen LogP contribution in [0.5, 0.6) is 11.5 Å². The highest BCUT2D eigenvalue weighted by atomic mass is 16.7. The zero-order valence-electron chi connectivity index (χ0n) is 20.1. The van der Waals surface area contributed by atoms with Crippen LogP contribution >= 0.6 is 0 Å². The molecule has 6 nitrogen and oxygen atoms in total. The number of aryl methyl sites for hydroxylation is 2. The number of amides is 1. The van der Waals surface area contributed by atoms with Crippen LogP contribution in [0.3, 0.4) is 0 Å². The standard InChI is InChI=1S/C30H27N3O3/c1-19-9-12-25-23(15-19)22(30(33-25)26-13-11-21-5-2-3-7-24(21)32-26)6-4-8-29(34)31-17-20-10-14-27-28(16-20)36-18-35-27/h2-3,5,7,9-16,33H,4,6,8,17-18H2,1H3,(H,31,34). The quantitative estimate of drug-likeness (QED) is 0.299. The number of H-pyrrole nitrogens is 1. The average Bonchev–Trinajstić information content (AvgIpc) is 3.51. The van der Waals surface area contributed by atoms with Crippen molar-refractivity contribution in [2.45, 2.75) is 32.7 Å². The van der Waals surface area contributed by atoms with Gasteiger partial charge in [-0.25, -0.2) is 4.98 Å². The van der Waals surface area contributed by atoms with Crippen LogP contribution in [0, 0.1) is 6.92 Å². The number of carbonyl (C=O) groups is 1. The van der Waals surface area contributed by atoms with Crippen LogP contribution in [0.25, 0.3) is 33.2 Å². The molecule has 0 spiro atoms. The normalized spacial score (nSPS) is 12.4. The van der Waals surface area contributed by atoms with Gasteiger partial charge >= 0.3 is 0 Å². The monoisotopic (exact) mass is 477 g/mol. The molecule has 6 rings (SSSR count). The molecule has 5 aromatic rings. The van der Waals surface area contributed by atoms with E-state index in [0.29, 0.717) is 13.0 Å². The van der Waals surface area contributed by atoms with Gasteiger partial charge in [0.1, 0.15) is 0 Å². The maximum Gasteiger partial charge on any atom is 0.231 e. The van der Waals surface area contributed by atoms with Crippen LogP contribution < -0.4 is 14.8 Å². The molecule has 0 radical (unpaired) electrons. The fraction of sp³-hybridized carbons (Fsp3) is 0.200. The summed E-state index contributed by atoms with van der Waals surface area (Å²) in [6, 6.07) is 24.5. The highest BCUT2D eigenvalue weighted by molar-refractivity contribution is 5.92. The molecule has 180 valence electrons. The summed E-state index contributed by atoms with van der Waals surface area (Å²) < 4.78 is 10.8. The van der Waals surface area contributed by atoms with E-state index in [9.17, 15) is 4.79 Å². The predicted octanol–water partition coefficient (Wildman–Crippen LogP) is 6.06. The third-order valence-electron chi connectivity index (χ3n) is 6.67. The van der Waals surface area contributed by atoms with Crippen LogP contribution in [0.2, 0.25) is 0 Å². The van der Waals surface area contributed by atoms with Crippen molar-refractivity contribution >= 4 is 27.7 Å². The number of nitrogens with one attached hydrogen (secondary N) is 2. The highest BCUT2D eigenvalue weighted by Gasteiger charge is 2.16. The Kier molecular flexibility index (Phi) is 5.77. The molecule has 0 atom stereocenters. The number of carbonyl (C=O) groups excluding carboxylic acids is 1. The number of hydrogen-bond donors (Lipinski definition) is 2. The van der Waals surface area contributed by atoms with E-state index in [1.807, 2.05) is 36.4 Å². The number of aromatic amines is 1. The third kappa shape index (κ3) is 4.38. The zero-order chi connectivity index (χ0) is 24.5. The van der Waals surface area contributed by atoms with Crippen LogP contribution in [-0.4, -0.2) is 22.7 Å². The van der Waals surface area contributed by atoms with Gasteiger partial charge in [0.25, 0.3) is 0 Å². The lowest BCUT2D eigenvalue weighted by Crippen LogP contribution is -2.22. The minimum Gasteiger partial charge on any atom is -0.454 e. The molecular formula is C30H27N3O3. The maximum atomic E-state index is 12.6. The first-order valence-electron chi connectivity index (χ1n) is 12.3. The summed E-state index contributed by atoms with van der Waals surface area (Å²) in [6.07, 6.45) is 1.98. The van der Waals surface area contributed by atoms with Gasteiger partial charge in [-0.15, -0.1) is 0 Å². The number of para-hydroxylation sites is 1. The van der Waals surface area contributed by atoms with Crippen LogP contribution in [0.15, 0.2) is 72.8 Å². The fourth-order valence-corrected chi connectivity index (χ4v) is 4.81. The van der Waals surface area contributed by atoms with Gasteiger partial charge < -0.3 is 19.8 Å². The van der Waals surface area contributed by atoms with Crippen molar-refractivity contribution in [2.24, 2.45) is 0 Å². The Hall–Kier alpha value is -4.32. The van der Waals surface area contributed by atoms with E-state index in [0.717, 1.165) is 57.7 Å². The summed E-state index contributed by atoms with van der Waals surface area (Å²) in [5.41, 5.74) is 7.42. The van der Waals surface area contributed by atoms with Gasteiger partial charge in [-0.1, -0.05) is 42.0 Å². The molecule has 1 aliphatic heterocycles. The van der Waals surface area contributed by atoms with E-state index in [2.05, 4.69) is 53.6 Å². The van der Waals surface area contributed by atoms with Gasteiger partial charge in [0.2, 0.25) is 12.7 Å². The Morgan fingerprint density at radius 2 is 1.89 bits per heavy atom. The van der Waals surface area contributed by atoms with Crippen molar-refractivity contribution in [3.63, 3.8) is 0 Å². The number of pyridine rings is 1. The lowest BCUT2D eigenvalue weighted by Gasteiger charge is -2.08. The fourth-order valence-electron chi connectivity index (χ4n) is 4.81. The number of aromatic nitrogens is 2. The Balaban J connectivity index is 1.18. The molecule has 0 bridgehead atoms. The first-order chi connectivity index (χ1) is 17.6. The molecule has 0 fully saturated rings. The van der Waals surface area contributed by atoms with Gasteiger partial charge in [0, 0.05) is 29.3 Å². The predicted molar refractivity (Wildman–Crippen MR) is 141 cm³/mol. The smallest absolute Gasteiger partial charge is 0.231 e. The summed E-state index contributed by atoms with van der Waals surface area (Å²) in [6.45, 7) is 2.82. The average molecular weight is 478 g/mol. The zero-order valence-corrected chi connectivity index (χ0v) is 20.1. The van der Waals surface area contributed by atoms with Gasteiger partial charge in [-0.3, -0.25) is 4.79 Å².